The number of carbonyl (C=O) groups excluding carboxylic acids is 4. The van der Waals surface area contributed by atoms with Crippen molar-refractivity contribution < 1.29 is 59.4 Å². The van der Waals surface area contributed by atoms with Gasteiger partial charge in [0.2, 0.25) is 33.3 Å². The summed E-state index contributed by atoms with van der Waals surface area (Å²) in [7, 11) is -2.52. The molecule has 2 saturated carbocycles. The molecule has 7 atom stereocenters. The SMILES string of the molecule is COc1ccc2c(O[C@@H]3C[C@H]4C(=O)N[C@]5(C(=O)NS(=O)(=O)C6CC6)C[C@H]5/C=C\CC[C@H](C)C[C@@H](C)[C@H](NC(=O)OC(C)(C)C(F)(F)F)C(=O)N4C3)nc(-c3ccc(F)cc3)cc2c1. The lowest BCUT2D eigenvalue weighted by atomic mass is 9.88. The van der Waals surface area contributed by atoms with Gasteiger partial charge in [0, 0.05) is 23.3 Å². The first-order chi connectivity index (χ1) is 29.6. The number of nitrogens with zero attached hydrogens (tertiary/aromatic N) is 2. The van der Waals surface area contributed by atoms with E-state index >= 15 is 0 Å². The third kappa shape index (κ3) is 9.87. The average Bonchev–Trinajstić information content (AvgIpc) is 4.14. The minimum atomic E-state index is -4.94. The summed E-state index contributed by atoms with van der Waals surface area (Å²) >= 11 is 0. The Labute approximate surface area is 362 Å². The number of alkyl carbamates (subject to hydrolysis) is 1. The number of pyridine rings is 1. The van der Waals surface area contributed by atoms with E-state index in [0.717, 1.165) is 4.90 Å². The van der Waals surface area contributed by atoms with Crippen molar-refractivity contribution in [3.05, 3.63) is 66.5 Å². The molecule has 63 heavy (non-hydrogen) atoms. The van der Waals surface area contributed by atoms with Crippen LogP contribution in [0.25, 0.3) is 22.0 Å². The van der Waals surface area contributed by atoms with Crippen LogP contribution in [-0.2, 0) is 29.1 Å². The quantitative estimate of drug-likeness (QED) is 0.162. The third-order valence-corrected chi connectivity index (χ3v) is 14.2. The van der Waals surface area contributed by atoms with Gasteiger partial charge in [0.15, 0.2) is 0 Å². The number of hydrogen-bond acceptors (Lipinski definition) is 10. The highest BCUT2D eigenvalue weighted by Gasteiger charge is 2.62. The van der Waals surface area contributed by atoms with Crippen LogP contribution in [0.1, 0.15) is 72.6 Å². The molecular formula is C44H51F4N5O9S. The van der Waals surface area contributed by atoms with Crippen molar-refractivity contribution >= 4 is 44.6 Å². The summed E-state index contributed by atoms with van der Waals surface area (Å²) in [4.78, 5) is 62.6. The number of amides is 4. The number of fused-ring (bicyclic) bond motifs is 3. The van der Waals surface area contributed by atoms with Crippen molar-refractivity contribution in [1.82, 2.24) is 25.2 Å². The van der Waals surface area contributed by atoms with Crippen LogP contribution in [0.15, 0.2) is 60.7 Å². The zero-order valence-corrected chi connectivity index (χ0v) is 36.3. The number of methoxy groups -OCH3 is 1. The van der Waals surface area contributed by atoms with Crippen molar-refractivity contribution in [2.24, 2.45) is 17.8 Å². The maximum absolute atomic E-state index is 14.9. The summed E-state index contributed by atoms with van der Waals surface area (Å²) in [6, 6.07) is 9.69. The standard InChI is InChI=1S/C44H51F4N5O9S/c1-24-8-6-7-9-28-22-43(28,40(56)52-63(58,59)32-15-16-32)51-37(54)35-21-31(23-53(35)39(55)36(25(2)18-24)50-41(57)62-42(3,4)44(46,47)48)61-38-33-17-14-30(60-5)19-27(33)20-34(49-38)26-10-12-29(45)13-11-26/h7,9-14,17,19-20,24-25,28,31-32,35-36H,6,8,15-16,18,21-23H2,1-5H3,(H,50,57)(H,51,54)(H,52,56)/b9-7-/t24-,25+,28+,31+,35-,36-,43+/m0/s1. The molecule has 4 amide bonds. The van der Waals surface area contributed by atoms with Crippen molar-refractivity contribution in [3.63, 3.8) is 0 Å². The fraction of sp³-hybridized carbons (Fsp3) is 0.523. The van der Waals surface area contributed by atoms with Crippen molar-refractivity contribution in [2.75, 3.05) is 13.7 Å². The van der Waals surface area contributed by atoms with Gasteiger partial charge in [-0.2, -0.15) is 13.2 Å². The number of allylic oxidation sites excluding steroid dienone is 1. The Morgan fingerprint density at radius 2 is 1.71 bits per heavy atom. The Morgan fingerprint density at radius 3 is 2.38 bits per heavy atom. The number of halogens is 4. The molecule has 4 aliphatic rings. The van der Waals surface area contributed by atoms with Gasteiger partial charge in [0.25, 0.3) is 5.91 Å². The zero-order valence-electron chi connectivity index (χ0n) is 35.5. The molecular weight excluding hydrogens is 851 g/mol. The number of ether oxygens (including phenoxy) is 3. The first-order valence-corrected chi connectivity index (χ1v) is 22.5. The predicted octanol–water partition coefficient (Wildman–Crippen LogP) is 6.33. The second kappa shape index (κ2) is 17.3. The first-order valence-electron chi connectivity index (χ1n) is 20.9. The largest absolute Gasteiger partial charge is 0.497 e. The summed E-state index contributed by atoms with van der Waals surface area (Å²) in [6.07, 6.45) is -1.66. The predicted molar refractivity (Wildman–Crippen MR) is 222 cm³/mol. The molecule has 2 aliphatic heterocycles. The second-order valence-corrected chi connectivity index (χ2v) is 19.6. The van der Waals surface area contributed by atoms with Crippen molar-refractivity contribution in [1.29, 1.82) is 0 Å². The highest BCUT2D eigenvalue weighted by molar-refractivity contribution is 7.91. The summed E-state index contributed by atoms with van der Waals surface area (Å²) in [5.41, 5.74) is -3.63. The molecule has 0 bridgehead atoms. The van der Waals surface area contributed by atoms with Crippen LogP contribution in [0.3, 0.4) is 0 Å². The van der Waals surface area contributed by atoms with E-state index in [1.165, 1.54) is 19.2 Å². The number of carbonyl (C=O) groups is 4. The number of nitrogens with one attached hydrogen (secondary N) is 3. The van der Waals surface area contributed by atoms with Crippen LogP contribution in [0, 0.1) is 23.6 Å². The molecule has 0 spiro atoms. The number of alkyl halides is 3. The van der Waals surface area contributed by atoms with Crippen LogP contribution >= 0.6 is 0 Å². The highest BCUT2D eigenvalue weighted by Crippen LogP contribution is 2.46. The molecule has 0 radical (unpaired) electrons. The molecule has 14 nitrogen and oxygen atoms in total. The van der Waals surface area contributed by atoms with Gasteiger partial charge in [-0.3, -0.25) is 19.1 Å². The number of rotatable bonds is 9. The Morgan fingerprint density at radius 1 is 1.00 bits per heavy atom. The van der Waals surface area contributed by atoms with Crippen molar-refractivity contribution in [3.8, 4) is 22.9 Å². The molecule has 2 aromatic carbocycles. The van der Waals surface area contributed by atoms with Crippen LogP contribution in [0.4, 0.5) is 22.4 Å². The molecule has 3 fully saturated rings. The Balaban J connectivity index is 1.26. The Kier molecular flexibility index (Phi) is 12.5. The zero-order chi connectivity index (χ0) is 45.6. The van der Waals surface area contributed by atoms with Crippen LogP contribution in [-0.4, -0.2) is 96.5 Å². The fourth-order valence-corrected chi connectivity index (χ4v) is 9.66. The highest BCUT2D eigenvalue weighted by atomic mass is 32.2. The van der Waals surface area contributed by atoms with Gasteiger partial charge in [-0.05, 0) is 118 Å². The van der Waals surface area contributed by atoms with Gasteiger partial charge in [0.1, 0.15) is 35.3 Å². The summed E-state index contributed by atoms with van der Waals surface area (Å²) in [5, 5.41) is 5.60. The maximum Gasteiger partial charge on any atom is 0.427 e. The van der Waals surface area contributed by atoms with E-state index in [-0.39, 0.29) is 31.2 Å². The minimum absolute atomic E-state index is 0.0676. The van der Waals surface area contributed by atoms with E-state index < -0.39 is 92.2 Å². The molecule has 0 unspecified atom stereocenters. The molecule has 7 rings (SSSR count). The van der Waals surface area contributed by atoms with Crippen LogP contribution in [0.5, 0.6) is 11.6 Å². The number of aromatic nitrogens is 1. The lowest BCUT2D eigenvalue weighted by Gasteiger charge is -2.34. The van der Waals surface area contributed by atoms with Crippen LogP contribution < -0.4 is 24.8 Å². The van der Waals surface area contributed by atoms with E-state index in [0.29, 0.717) is 73.7 Å². The molecule has 3 heterocycles. The third-order valence-electron chi connectivity index (χ3n) is 12.3. The topological polar surface area (TPSA) is 182 Å². The second-order valence-electron chi connectivity index (χ2n) is 17.7. The average molecular weight is 902 g/mol. The van der Waals surface area contributed by atoms with E-state index in [1.54, 1.807) is 49.4 Å². The Bertz CT molecular complexity index is 2410. The Hall–Kier alpha value is -5.46. The number of sulfonamides is 1. The van der Waals surface area contributed by atoms with E-state index in [4.69, 9.17) is 19.2 Å². The molecule has 340 valence electrons. The molecule has 3 aromatic rings. The van der Waals surface area contributed by atoms with Gasteiger partial charge in [0.05, 0.1) is 24.6 Å². The molecule has 1 saturated heterocycles. The van der Waals surface area contributed by atoms with E-state index in [2.05, 4.69) is 15.4 Å². The number of hydrogen-bond donors (Lipinski definition) is 3. The van der Waals surface area contributed by atoms with Gasteiger partial charge in [-0.1, -0.05) is 26.0 Å². The van der Waals surface area contributed by atoms with E-state index in [1.807, 2.05) is 13.0 Å². The summed E-state index contributed by atoms with van der Waals surface area (Å²) in [6.45, 7) is 4.67. The summed E-state index contributed by atoms with van der Waals surface area (Å²) < 4.78 is 100. The molecule has 19 heteroatoms. The minimum Gasteiger partial charge on any atom is -0.497 e. The van der Waals surface area contributed by atoms with E-state index in [9.17, 15) is 45.2 Å². The first kappa shape index (κ1) is 45.6. The van der Waals surface area contributed by atoms with Gasteiger partial charge in [-0.15, -0.1) is 0 Å². The molecule has 3 N–H and O–H groups in total. The lowest BCUT2D eigenvalue weighted by Crippen LogP contribution is -2.59. The van der Waals surface area contributed by atoms with Gasteiger partial charge >= 0.3 is 12.3 Å². The normalized spacial score (nSPS) is 27.5. The van der Waals surface area contributed by atoms with Gasteiger partial charge < -0.3 is 29.7 Å². The maximum atomic E-state index is 14.9. The fourth-order valence-electron chi connectivity index (χ4n) is 8.29. The monoisotopic (exact) mass is 901 g/mol. The van der Waals surface area contributed by atoms with Gasteiger partial charge in [-0.25, -0.2) is 22.6 Å². The van der Waals surface area contributed by atoms with Crippen molar-refractivity contribution in [2.45, 2.75) is 113 Å². The summed E-state index contributed by atoms with van der Waals surface area (Å²) in [5.74, 6) is -3.71. The lowest BCUT2D eigenvalue weighted by molar-refractivity contribution is -0.244. The molecule has 2 aliphatic carbocycles. The molecule has 1 aromatic heterocycles. The smallest absolute Gasteiger partial charge is 0.427 e. The van der Waals surface area contributed by atoms with Crippen LogP contribution in [0.2, 0.25) is 0 Å². The number of benzene rings is 2.